The Bertz CT molecular complexity index is 739. The van der Waals surface area contributed by atoms with Crippen molar-refractivity contribution in [2.75, 3.05) is 51.1 Å². The minimum atomic E-state index is -3.53. The molecule has 2 fully saturated rings. The van der Waals surface area contributed by atoms with Gasteiger partial charge in [0.05, 0.1) is 4.90 Å². The Hall–Kier alpha value is -1.48. The maximum Gasteiger partial charge on any atom is 0.243 e. The Morgan fingerprint density at radius 1 is 1.26 bits per heavy atom. The van der Waals surface area contributed by atoms with Crippen molar-refractivity contribution in [1.29, 1.82) is 0 Å². The first-order chi connectivity index (χ1) is 13.0. The lowest BCUT2D eigenvalue weighted by Crippen LogP contribution is -2.48. The zero-order valence-electron chi connectivity index (χ0n) is 16.0. The molecule has 2 aliphatic heterocycles. The third-order valence-corrected chi connectivity index (χ3v) is 7.37. The smallest absolute Gasteiger partial charge is 0.243 e. The average Bonchev–Trinajstić information content (AvgIpc) is 3.20. The van der Waals surface area contributed by atoms with Crippen LogP contribution in [0.4, 0.5) is 5.69 Å². The molecular weight excluding hydrogens is 364 g/mol. The molecule has 150 valence electrons. The van der Waals surface area contributed by atoms with Crippen molar-refractivity contribution in [2.24, 2.45) is 5.92 Å². The third-order valence-electron chi connectivity index (χ3n) is 5.48. The van der Waals surface area contributed by atoms with Crippen molar-refractivity contribution in [3.05, 3.63) is 24.3 Å². The number of hydrogen-bond donors (Lipinski definition) is 2. The van der Waals surface area contributed by atoms with Crippen LogP contribution in [0.5, 0.6) is 0 Å². The first kappa shape index (κ1) is 20.3. The van der Waals surface area contributed by atoms with Gasteiger partial charge in [0.25, 0.3) is 0 Å². The molecule has 1 aromatic carbocycles. The third kappa shape index (κ3) is 5.28. The van der Waals surface area contributed by atoms with Gasteiger partial charge in [-0.25, -0.2) is 8.42 Å². The molecule has 1 aromatic rings. The lowest BCUT2D eigenvalue weighted by atomic mass is 10.0. The van der Waals surface area contributed by atoms with Crippen LogP contribution < -0.4 is 10.6 Å². The summed E-state index contributed by atoms with van der Waals surface area (Å²) in [5.41, 5.74) is 0.540. The maximum absolute atomic E-state index is 12.9. The molecule has 0 bridgehead atoms. The highest BCUT2D eigenvalue weighted by Crippen LogP contribution is 2.21. The molecule has 2 N–H and O–H groups in total. The Balaban J connectivity index is 1.59. The number of hydrogen-bond acceptors (Lipinski definition) is 5. The fourth-order valence-corrected chi connectivity index (χ4v) is 5.16. The van der Waals surface area contributed by atoms with Gasteiger partial charge >= 0.3 is 0 Å². The monoisotopic (exact) mass is 394 g/mol. The van der Waals surface area contributed by atoms with E-state index in [0.29, 0.717) is 31.1 Å². The predicted molar refractivity (Wildman–Crippen MR) is 106 cm³/mol. The molecule has 0 aliphatic carbocycles. The maximum atomic E-state index is 12.9. The lowest BCUT2D eigenvalue weighted by Gasteiger charge is -2.33. The molecule has 7 nitrogen and oxygen atoms in total. The summed E-state index contributed by atoms with van der Waals surface area (Å²) in [4.78, 5) is 14.7. The molecule has 8 heteroatoms. The lowest BCUT2D eigenvalue weighted by molar-refractivity contribution is -0.116. The van der Waals surface area contributed by atoms with Crippen molar-refractivity contribution >= 4 is 21.6 Å². The van der Waals surface area contributed by atoms with Gasteiger partial charge in [0.15, 0.2) is 0 Å². The number of piperazine rings is 1. The molecule has 0 aromatic heterocycles. The highest BCUT2D eigenvalue weighted by atomic mass is 32.2. The van der Waals surface area contributed by atoms with Gasteiger partial charge in [-0.2, -0.15) is 4.31 Å². The zero-order valence-corrected chi connectivity index (χ0v) is 16.8. The molecule has 3 rings (SSSR count). The SMILES string of the molecule is CCN1CCN(S(=O)(=O)c2cccc(NC(=O)CCC3CCNC3)c2)CC1. The van der Waals surface area contributed by atoms with Crippen LogP contribution in [0.1, 0.15) is 26.2 Å². The highest BCUT2D eigenvalue weighted by Gasteiger charge is 2.28. The summed E-state index contributed by atoms with van der Waals surface area (Å²) >= 11 is 0. The van der Waals surface area contributed by atoms with Crippen LogP contribution in [-0.4, -0.2) is 69.3 Å². The second-order valence-electron chi connectivity index (χ2n) is 7.31. The van der Waals surface area contributed by atoms with Crippen LogP contribution in [0.2, 0.25) is 0 Å². The molecule has 0 radical (unpaired) electrons. The number of amides is 1. The number of rotatable bonds is 7. The van der Waals surface area contributed by atoms with Gasteiger partial charge in [-0.1, -0.05) is 13.0 Å². The minimum Gasteiger partial charge on any atom is -0.326 e. The van der Waals surface area contributed by atoms with E-state index in [9.17, 15) is 13.2 Å². The molecule has 0 spiro atoms. The molecular formula is C19H30N4O3S. The van der Waals surface area contributed by atoms with E-state index in [4.69, 9.17) is 0 Å². The minimum absolute atomic E-state index is 0.0620. The van der Waals surface area contributed by atoms with Gasteiger partial charge in [-0.15, -0.1) is 0 Å². The van der Waals surface area contributed by atoms with E-state index >= 15 is 0 Å². The van der Waals surface area contributed by atoms with Gasteiger partial charge in [0, 0.05) is 38.3 Å². The van der Waals surface area contributed by atoms with Crippen LogP contribution >= 0.6 is 0 Å². The van der Waals surface area contributed by atoms with Crippen molar-refractivity contribution in [3.63, 3.8) is 0 Å². The van der Waals surface area contributed by atoms with E-state index in [1.807, 2.05) is 0 Å². The molecule has 2 aliphatic rings. The first-order valence-corrected chi connectivity index (χ1v) is 11.3. The van der Waals surface area contributed by atoms with E-state index in [1.165, 1.54) is 4.31 Å². The molecule has 2 saturated heterocycles. The normalized spacial score (nSPS) is 22.0. The summed E-state index contributed by atoms with van der Waals surface area (Å²) in [5, 5.41) is 6.15. The fourth-order valence-electron chi connectivity index (χ4n) is 3.69. The van der Waals surface area contributed by atoms with Crippen LogP contribution in [0.15, 0.2) is 29.2 Å². The summed E-state index contributed by atoms with van der Waals surface area (Å²) in [7, 11) is -3.53. The van der Waals surface area contributed by atoms with Gasteiger partial charge in [0.2, 0.25) is 15.9 Å². The van der Waals surface area contributed by atoms with Crippen LogP contribution in [0, 0.1) is 5.92 Å². The van der Waals surface area contributed by atoms with E-state index in [1.54, 1.807) is 24.3 Å². The summed E-state index contributed by atoms with van der Waals surface area (Å²) in [5.74, 6) is 0.497. The van der Waals surface area contributed by atoms with Gasteiger partial charge < -0.3 is 15.5 Å². The molecule has 0 saturated carbocycles. The number of carbonyl (C=O) groups is 1. The molecule has 1 unspecified atom stereocenters. The number of likely N-dealkylation sites (N-methyl/N-ethyl adjacent to an activating group) is 1. The quantitative estimate of drug-likeness (QED) is 0.729. The summed E-state index contributed by atoms with van der Waals surface area (Å²) < 4.78 is 27.4. The van der Waals surface area contributed by atoms with Gasteiger partial charge in [-0.3, -0.25) is 4.79 Å². The van der Waals surface area contributed by atoms with E-state index < -0.39 is 10.0 Å². The van der Waals surface area contributed by atoms with Crippen LogP contribution in [0.3, 0.4) is 0 Å². The van der Waals surface area contributed by atoms with E-state index in [-0.39, 0.29) is 10.8 Å². The number of nitrogens with one attached hydrogen (secondary N) is 2. The standard InChI is InChI=1S/C19H30N4O3S/c1-2-22-10-12-23(13-11-22)27(25,26)18-5-3-4-17(14-18)21-19(24)7-6-16-8-9-20-15-16/h3-5,14,16,20H,2,6-13,15H2,1H3,(H,21,24). The highest BCUT2D eigenvalue weighted by molar-refractivity contribution is 7.89. The number of anilines is 1. The van der Waals surface area contributed by atoms with Crippen molar-refractivity contribution in [2.45, 2.75) is 31.1 Å². The van der Waals surface area contributed by atoms with E-state index in [2.05, 4.69) is 22.5 Å². The first-order valence-electron chi connectivity index (χ1n) is 9.82. The largest absolute Gasteiger partial charge is 0.326 e. The molecule has 27 heavy (non-hydrogen) atoms. The number of benzene rings is 1. The Labute approximate surface area is 162 Å². The average molecular weight is 395 g/mol. The predicted octanol–water partition coefficient (Wildman–Crippen LogP) is 1.34. The van der Waals surface area contributed by atoms with E-state index in [0.717, 1.165) is 45.6 Å². The summed E-state index contributed by atoms with van der Waals surface area (Å²) in [6, 6.07) is 6.59. The number of sulfonamides is 1. The topological polar surface area (TPSA) is 81.8 Å². The summed E-state index contributed by atoms with van der Waals surface area (Å²) in [6.07, 6.45) is 2.44. The molecule has 1 amide bonds. The van der Waals surface area contributed by atoms with Crippen LogP contribution in [-0.2, 0) is 14.8 Å². The Morgan fingerprint density at radius 3 is 2.70 bits per heavy atom. The second kappa shape index (κ2) is 9.14. The fraction of sp³-hybridized carbons (Fsp3) is 0.632. The van der Waals surface area contributed by atoms with Gasteiger partial charge in [-0.05, 0) is 56.6 Å². The molecule has 2 heterocycles. The molecule has 1 atom stereocenters. The second-order valence-corrected chi connectivity index (χ2v) is 9.25. The number of carbonyl (C=O) groups excluding carboxylic acids is 1. The number of nitrogens with zero attached hydrogens (tertiary/aromatic N) is 2. The Morgan fingerprint density at radius 2 is 2.04 bits per heavy atom. The summed E-state index contributed by atoms with van der Waals surface area (Å²) in [6.45, 7) is 7.53. The Kier molecular flexibility index (Phi) is 6.86. The van der Waals surface area contributed by atoms with Gasteiger partial charge in [0.1, 0.15) is 0 Å². The van der Waals surface area contributed by atoms with Crippen LogP contribution in [0.25, 0.3) is 0 Å². The van der Waals surface area contributed by atoms with Crippen molar-refractivity contribution in [1.82, 2.24) is 14.5 Å². The zero-order chi connectivity index (χ0) is 19.3. The van der Waals surface area contributed by atoms with Crippen molar-refractivity contribution < 1.29 is 13.2 Å². The van der Waals surface area contributed by atoms with Crippen molar-refractivity contribution in [3.8, 4) is 0 Å².